The first kappa shape index (κ1) is 10.8. The van der Waals surface area contributed by atoms with Crippen LogP contribution < -0.4 is 0 Å². The summed E-state index contributed by atoms with van der Waals surface area (Å²) in [5, 5.41) is 17.2. The molecule has 2 heterocycles. The lowest BCUT2D eigenvalue weighted by atomic mass is 10.1. The molecule has 1 saturated heterocycles. The third kappa shape index (κ3) is 2.87. The number of hydrogen-bond donors (Lipinski definition) is 1. The topological polar surface area (TPSA) is 49.2 Å². The van der Waals surface area contributed by atoms with E-state index in [1.807, 2.05) is 6.07 Å². The van der Waals surface area contributed by atoms with Crippen LogP contribution in [0.15, 0.2) is 12.1 Å². The molecule has 1 aliphatic heterocycles. The number of likely N-dealkylation sites (tertiary alicyclic amines) is 1. The molecule has 0 aliphatic carbocycles. The van der Waals surface area contributed by atoms with E-state index in [1.54, 1.807) is 6.07 Å². The van der Waals surface area contributed by atoms with E-state index in [0.29, 0.717) is 11.1 Å². The lowest BCUT2D eigenvalue weighted by molar-refractivity contribution is 0.219. The molecule has 2 rings (SSSR count). The molecule has 5 heteroatoms. The highest BCUT2D eigenvalue weighted by molar-refractivity contribution is 6.29. The summed E-state index contributed by atoms with van der Waals surface area (Å²) in [4.78, 5) is 2.28. The van der Waals surface area contributed by atoms with Gasteiger partial charge in [0.1, 0.15) is 0 Å². The van der Waals surface area contributed by atoms with Gasteiger partial charge in [0.25, 0.3) is 0 Å². The molecule has 4 nitrogen and oxygen atoms in total. The van der Waals surface area contributed by atoms with E-state index < -0.39 is 0 Å². The summed E-state index contributed by atoms with van der Waals surface area (Å²) in [6.07, 6.45) is 1.07. The van der Waals surface area contributed by atoms with E-state index >= 15 is 0 Å². The van der Waals surface area contributed by atoms with E-state index in [1.165, 1.54) is 0 Å². The Morgan fingerprint density at radius 3 is 2.93 bits per heavy atom. The Morgan fingerprint density at radius 1 is 1.47 bits per heavy atom. The van der Waals surface area contributed by atoms with Gasteiger partial charge in [0.15, 0.2) is 5.15 Å². The average molecular weight is 228 g/mol. The van der Waals surface area contributed by atoms with E-state index in [2.05, 4.69) is 15.1 Å². The minimum Gasteiger partial charge on any atom is -0.396 e. The fraction of sp³-hybridized carbons (Fsp3) is 0.600. The summed E-state index contributed by atoms with van der Waals surface area (Å²) < 4.78 is 0. The van der Waals surface area contributed by atoms with Gasteiger partial charge in [-0.15, -0.1) is 5.10 Å². The van der Waals surface area contributed by atoms with Crippen LogP contribution in [0.5, 0.6) is 0 Å². The lowest BCUT2D eigenvalue weighted by Crippen LogP contribution is -2.21. The number of halogens is 1. The normalized spacial score (nSPS) is 22.1. The van der Waals surface area contributed by atoms with Gasteiger partial charge in [0, 0.05) is 19.7 Å². The van der Waals surface area contributed by atoms with Gasteiger partial charge in [0.05, 0.1) is 5.69 Å². The van der Waals surface area contributed by atoms with Gasteiger partial charge >= 0.3 is 0 Å². The van der Waals surface area contributed by atoms with Gasteiger partial charge in [-0.25, -0.2) is 0 Å². The van der Waals surface area contributed by atoms with Crippen LogP contribution >= 0.6 is 11.6 Å². The van der Waals surface area contributed by atoms with Gasteiger partial charge in [0.2, 0.25) is 0 Å². The van der Waals surface area contributed by atoms with E-state index in [4.69, 9.17) is 16.7 Å². The number of hydrogen-bond acceptors (Lipinski definition) is 4. The third-order valence-electron chi connectivity index (χ3n) is 2.70. The zero-order valence-corrected chi connectivity index (χ0v) is 9.19. The van der Waals surface area contributed by atoms with Crippen molar-refractivity contribution < 1.29 is 5.11 Å². The minimum absolute atomic E-state index is 0.281. The van der Waals surface area contributed by atoms with Crippen LogP contribution in [0.1, 0.15) is 12.1 Å². The standard InChI is InChI=1S/C10H14ClN3O/c11-10-2-1-9(12-13-10)6-14-4-3-8(5-14)7-15/h1-2,8,15H,3-7H2/t8-/m0/s1. The maximum Gasteiger partial charge on any atom is 0.151 e. The molecule has 0 spiro atoms. The largest absolute Gasteiger partial charge is 0.396 e. The third-order valence-corrected chi connectivity index (χ3v) is 2.90. The monoisotopic (exact) mass is 227 g/mol. The van der Waals surface area contributed by atoms with Crippen LogP contribution in [-0.4, -0.2) is 39.9 Å². The maximum absolute atomic E-state index is 9.01. The van der Waals surface area contributed by atoms with Gasteiger partial charge in [-0.2, -0.15) is 5.10 Å². The van der Waals surface area contributed by atoms with Gasteiger partial charge in [-0.1, -0.05) is 11.6 Å². The van der Waals surface area contributed by atoms with Crippen LogP contribution in [0.25, 0.3) is 0 Å². The molecule has 1 aliphatic rings. The molecule has 1 fully saturated rings. The van der Waals surface area contributed by atoms with Crippen molar-refractivity contribution in [3.05, 3.63) is 23.0 Å². The molecule has 82 valence electrons. The van der Waals surface area contributed by atoms with Gasteiger partial charge < -0.3 is 5.11 Å². The molecule has 1 aromatic rings. The second-order valence-electron chi connectivity index (χ2n) is 3.92. The van der Waals surface area contributed by atoms with E-state index in [-0.39, 0.29) is 6.61 Å². The molecule has 0 unspecified atom stereocenters. The average Bonchev–Trinajstić information content (AvgIpc) is 2.69. The van der Waals surface area contributed by atoms with Crippen LogP contribution in [-0.2, 0) is 6.54 Å². The highest BCUT2D eigenvalue weighted by Gasteiger charge is 2.21. The van der Waals surface area contributed by atoms with Crippen molar-refractivity contribution in [2.75, 3.05) is 19.7 Å². The summed E-state index contributed by atoms with van der Waals surface area (Å²) in [6.45, 7) is 3.04. The fourth-order valence-corrected chi connectivity index (χ4v) is 1.96. The molecule has 0 bridgehead atoms. The Kier molecular flexibility index (Phi) is 3.51. The number of nitrogens with zero attached hydrogens (tertiary/aromatic N) is 3. The molecular weight excluding hydrogens is 214 g/mol. The predicted octanol–water partition coefficient (Wildman–Crippen LogP) is 0.944. The second kappa shape index (κ2) is 4.88. The number of aliphatic hydroxyl groups is 1. The van der Waals surface area contributed by atoms with Crippen molar-refractivity contribution in [2.45, 2.75) is 13.0 Å². The van der Waals surface area contributed by atoms with E-state index in [0.717, 1.165) is 31.7 Å². The maximum atomic E-state index is 9.01. The molecule has 1 aromatic heterocycles. The van der Waals surface area contributed by atoms with Gasteiger partial charge in [-0.3, -0.25) is 4.90 Å². The van der Waals surface area contributed by atoms with Crippen molar-refractivity contribution in [2.24, 2.45) is 5.92 Å². The Bertz CT molecular complexity index is 317. The molecule has 1 atom stereocenters. The smallest absolute Gasteiger partial charge is 0.151 e. The quantitative estimate of drug-likeness (QED) is 0.835. The first-order valence-electron chi connectivity index (χ1n) is 5.09. The van der Waals surface area contributed by atoms with Crippen molar-refractivity contribution >= 4 is 11.6 Å². The van der Waals surface area contributed by atoms with Crippen molar-refractivity contribution in [3.63, 3.8) is 0 Å². The zero-order valence-electron chi connectivity index (χ0n) is 8.43. The SMILES string of the molecule is OC[C@H]1CCN(Cc2ccc(Cl)nn2)C1. The van der Waals surface area contributed by atoms with Crippen LogP contribution in [0.3, 0.4) is 0 Å². The minimum atomic E-state index is 0.281. The Labute approximate surface area is 93.9 Å². The second-order valence-corrected chi connectivity index (χ2v) is 4.31. The molecule has 0 amide bonds. The highest BCUT2D eigenvalue weighted by Crippen LogP contribution is 2.17. The van der Waals surface area contributed by atoms with Crippen LogP contribution in [0, 0.1) is 5.92 Å². The highest BCUT2D eigenvalue weighted by atomic mass is 35.5. The first-order chi connectivity index (χ1) is 7.28. The van der Waals surface area contributed by atoms with Crippen molar-refractivity contribution in [3.8, 4) is 0 Å². The lowest BCUT2D eigenvalue weighted by Gasteiger charge is -2.14. The Morgan fingerprint density at radius 2 is 2.33 bits per heavy atom. The zero-order chi connectivity index (χ0) is 10.7. The first-order valence-corrected chi connectivity index (χ1v) is 5.47. The fourth-order valence-electron chi connectivity index (χ4n) is 1.86. The number of aliphatic hydroxyl groups excluding tert-OH is 1. The van der Waals surface area contributed by atoms with Crippen molar-refractivity contribution in [1.29, 1.82) is 0 Å². The summed E-state index contributed by atoms with van der Waals surface area (Å²) in [6, 6.07) is 3.64. The van der Waals surface area contributed by atoms with Crippen LogP contribution in [0.4, 0.5) is 0 Å². The number of aromatic nitrogens is 2. The summed E-state index contributed by atoms with van der Waals surface area (Å²) in [7, 11) is 0. The van der Waals surface area contributed by atoms with Crippen LogP contribution in [0.2, 0.25) is 5.15 Å². The number of rotatable bonds is 3. The predicted molar refractivity (Wildman–Crippen MR) is 57.5 cm³/mol. The molecule has 15 heavy (non-hydrogen) atoms. The van der Waals surface area contributed by atoms with Gasteiger partial charge in [-0.05, 0) is 31.0 Å². The summed E-state index contributed by atoms with van der Waals surface area (Å²) in [5.74, 6) is 0.422. The van der Waals surface area contributed by atoms with E-state index in [9.17, 15) is 0 Å². The summed E-state index contributed by atoms with van der Waals surface area (Å²) in [5.41, 5.74) is 0.929. The summed E-state index contributed by atoms with van der Waals surface area (Å²) >= 11 is 5.65. The molecule has 0 saturated carbocycles. The Balaban J connectivity index is 1.90. The molecule has 1 N–H and O–H groups in total. The molecule has 0 radical (unpaired) electrons. The molecule has 0 aromatic carbocycles. The molecular formula is C10H14ClN3O. The van der Waals surface area contributed by atoms with Crippen molar-refractivity contribution in [1.82, 2.24) is 15.1 Å². The Hall–Kier alpha value is -0.710.